The van der Waals surface area contributed by atoms with Crippen molar-refractivity contribution in [1.29, 1.82) is 0 Å². The molecule has 0 aromatic heterocycles. The summed E-state index contributed by atoms with van der Waals surface area (Å²) < 4.78 is 5.78. The fourth-order valence-electron chi connectivity index (χ4n) is 2.56. The van der Waals surface area contributed by atoms with Crippen molar-refractivity contribution in [3.05, 3.63) is 64.7 Å². The minimum atomic E-state index is -0.497. The van der Waals surface area contributed by atoms with Crippen LogP contribution in [0.25, 0.3) is 0 Å². The lowest BCUT2D eigenvalue weighted by Gasteiger charge is -2.16. The molecule has 1 N–H and O–H groups in total. The van der Waals surface area contributed by atoms with Gasteiger partial charge in [0.25, 0.3) is 5.91 Å². The van der Waals surface area contributed by atoms with Gasteiger partial charge in [0.2, 0.25) is 0 Å². The van der Waals surface area contributed by atoms with Crippen molar-refractivity contribution in [3.63, 3.8) is 0 Å². The maximum Gasteiger partial charge on any atom is 0.260 e. The number of hydrogen-bond donors (Lipinski definition) is 1. The van der Waals surface area contributed by atoms with Crippen LogP contribution < -0.4 is 10.1 Å². The fraction of sp³-hybridized carbons (Fsp3) is 0.381. The van der Waals surface area contributed by atoms with Gasteiger partial charge in [-0.15, -0.1) is 0 Å². The van der Waals surface area contributed by atoms with Gasteiger partial charge in [0.05, 0.1) is 0 Å². The van der Waals surface area contributed by atoms with Crippen LogP contribution in [0.2, 0.25) is 0 Å². The Labute approximate surface area is 155 Å². The second-order valence-electron chi connectivity index (χ2n) is 6.36. The first-order chi connectivity index (χ1) is 12.0. The lowest BCUT2D eigenvalue weighted by Crippen LogP contribution is -2.37. The zero-order valence-corrected chi connectivity index (χ0v) is 16.3. The van der Waals surface area contributed by atoms with Crippen molar-refractivity contribution in [3.8, 4) is 5.75 Å². The molecule has 1 amide bonds. The van der Waals surface area contributed by atoms with E-state index in [0.717, 1.165) is 22.8 Å². The highest BCUT2D eigenvalue weighted by molar-refractivity contribution is 7.98. The molecule has 25 heavy (non-hydrogen) atoms. The third-order valence-corrected chi connectivity index (χ3v) is 4.93. The second kappa shape index (κ2) is 9.52. The molecule has 0 aliphatic carbocycles. The summed E-state index contributed by atoms with van der Waals surface area (Å²) in [7, 11) is 0. The predicted octanol–water partition coefficient (Wildman–Crippen LogP) is 4.43. The summed E-state index contributed by atoms with van der Waals surface area (Å²) >= 11 is 1.82. The summed E-state index contributed by atoms with van der Waals surface area (Å²) in [6, 6.07) is 14.5. The predicted molar refractivity (Wildman–Crippen MR) is 106 cm³/mol. The van der Waals surface area contributed by atoms with Crippen LogP contribution in [0.5, 0.6) is 5.75 Å². The monoisotopic (exact) mass is 357 g/mol. The van der Waals surface area contributed by atoms with Gasteiger partial charge < -0.3 is 10.1 Å². The average Bonchev–Trinajstić information content (AvgIpc) is 2.57. The van der Waals surface area contributed by atoms with Crippen molar-refractivity contribution in [2.24, 2.45) is 0 Å². The van der Waals surface area contributed by atoms with E-state index in [1.807, 2.05) is 37.7 Å². The van der Waals surface area contributed by atoms with E-state index in [1.165, 1.54) is 16.7 Å². The molecule has 2 aromatic carbocycles. The van der Waals surface area contributed by atoms with Crippen molar-refractivity contribution in [2.75, 3.05) is 12.3 Å². The maximum atomic E-state index is 12.2. The molecule has 0 aliphatic rings. The Morgan fingerprint density at radius 3 is 2.60 bits per heavy atom. The SMILES string of the molecule is Cc1cccc(CSCCNC(=O)[C@H](C)Oc2ccc(C)cc2C)c1. The van der Waals surface area contributed by atoms with Gasteiger partial charge in [-0.1, -0.05) is 47.5 Å². The van der Waals surface area contributed by atoms with E-state index < -0.39 is 6.10 Å². The molecule has 0 unspecified atom stereocenters. The Morgan fingerprint density at radius 2 is 1.88 bits per heavy atom. The number of nitrogens with one attached hydrogen (secondary N) is 1. The molecule has 0 bridgehead atoms. The molecule has 0 saturated heterocycles. The lowest BCUT2D eigenvalue weighted by atomic mass is 10.1. The van der Waals surface area contributed by atoms with Crippen molar-refractivity contribution in [2.45, 2.75) is 39.6 Å². The molecule has 1 atom stereocenters. The number of thioether (sulfide) groups is 1. The molecule has 0 fully saturated rings. The van der Waals surface area contributed by atoms with Crippen molar-refractivity contribution in [1.82, 2.24) is 5.32 Å². The van der Waals surface area contributed by atoms with Crippen LogP contribution >= 0.6 is 11.8 Å². The minimum Gasteiger partial charge on any atom is -0.481 e. The van der Waals surface area contributed by atoms with Gasteiger partial charge in [-0.05, 0) is 44.9 Å². The molecule has 134 valence electrons. The summed E-state index contributed by atoms with van der Waals surface area (Å²) in [4.78, 5) is 12.2. The van der Waals surface area contributed by atoms with E-state index in [0.29, 0.717) is 6.54 Å². The van der Waals surface area contributed by atoms with E-state index >= 15 is 0 Å². The van der Waals surface area contributed by atoms with Gasteiger partial charge in [-0.25, -0.2) is 0 Å². The van der Waals surface area contributed by atoms with E-state index in [-0.39, 0.29) is 5.91 Å². The van der Waals surface area contributed by atoms with Crippen LogP contribution in [-0.2, 0) is 10.5 Å². The first-order valence-electron chi connectivity index (χ1n) is 8.60. The Morgan fingerprint density at radius 1 is 1.12 bits per heavy atom. The summed E-state index contributed by atoms with van der Waals surface area (Å²) in [5.41, 5.74) is 4.84. The van der Waals surface area contributed by atoms with Crippen molar-refractivity contribution < 1.29 is 9.53 Å². The number of ether oxygens (including phenoxy) is 1. The molecule has 0 saturated carbocycles. The summed E-state index contributed by atoms with van der Waals surface area (Å²) in [6.07, 6.45) is -0.497. The largest absolute Gasteiger partial charge is 0.481 e. The normalized spacial score (nSPS) is 11.8. The molecule has 3 nitrogen and oxygen atoms in total. The first kappa shape index (κ1) is 19.4. The van der Waals surface area contributed by atoms with Crippen LogP contribution in [0.1, 0.15) is 29.2 Å². The first-order valence-corrected chi connectivity index (χ1v) is 9.76. The molecule has 4 heteroatoms. The number of carbonyl (C=O) groups excluding carboxylic acids is 1. The molecular formula is C21H27NO2S. The second-order valence-corrected chi connectivity index (χ2v) is 7.47. The highest BCUT2D eigenvalue weighted by Crippen LogP contribution is 2.20. The zero-order chi connectivity index (χ0) is 18.2. The summed E-state index contributed by atoms with van der Waals surface area (Å²) in [5.74, 6) is 2.54. The average molecular weight is 358 g/mol. The van der Waals surface area contributed by atoms with Crippen LogP contribution in [0.15, 0.2) is 42.5 Å². The van der Waals surface area contributed by atoms with Gasteiger partial charge in [0.1, 0.15) is 5.75 Å². The molecule has 0 radical (unpaired) electrons. The van der Waals surface area contributed by atoms with Crippen LogP contribution in [0.4, 0.5) is 0 Å². The summed E-state index contributed by atoms with van der Waals surface area (Å²) in [5, 5.41) is 2.95. The van der Waals surface area contributed by atoms with E-state index in [2.05, 4.69) is 42.6 Å². The maximum absolute atomic E-state index is 12.2. The molecule has 0 heterocycles. The number of aryl methyl sites for hydroxylation is 3. The number of rotatable bonds is 8. The molecular weight excluding hydrogens is 330 g/mol. The van der Waals surface area contributed by atoms with E-state index in [9.17, 15) is 4.79 Å². The third-order valence-electron chi connectivity index (χ3n) is 3.90. The van der Waals surface area contributed by atoms with E-state index in [4.69, 9.17) is 4.74 Å². The number of carbonyl (C=O) groups is 1. The fourth-order valence-corrected chi connectivity index (χ4v) is 3.36. The Hall–Kier alpha value is -1.94. The van der Waals surface area contributed by atoms with Gasteiger partial charge in [-0.2, -0.15) is 11.8 Å². The third kappa shape index (κ3) is 6.46. The molecule has 2 aromatic rings. The van der Waals surface area contributed by atoms with E-state index in [1.54, 1.807) is 6.92 Å². The Balaban J connectivity index is 1.69. The smallest absolute Gasteiger partial charge is 0.260 e. The van der Waals surface area contributed by atoms with Gasteiger partial charge >= 0.3 is 0 Å². The van der Waals surface area contributed by atoms with Crippen LogP contribution in [0.3, 0.4) is 0 Å². The number of amides is 1. The lowest BCUT2D eigenvalue weighted by molar-refractivity contribution is -0.127. The zero-order valence-electron chi connectivity index (χ0n) is 15.5. The molecule has 2 rings (SSSR count). The molecule has 0 spiro atoms. The van der Waals surface area contributed by atoms with Crippen molar-refractivity contribution >= 4 is 17.7 Å². The topological polar surface area (TPSA) is 38.3 Å². The highest BCUT2D eigenvalue weighted by atomic mass is 32.2. The van der Waals surface area contributed by atoms with Gasteiger partial charge in [-0.3, -0.25) is 4.79 Å². The highest BCUT2D eigenvalue weighted by Gasteiger charge is 2.15. The standard InChI is InChI=1S/C21H27NO2S/c1-15-6-5-7-19(13-15)14-25-11-10-22-21(23)18(4)24-20-9-8-16(2)12-17(20)3/h5-9,12-13,18H,10-11,14H2,1-4H3,(H,22,23)/t18-/m0/s1. The quantitative estimate of drug-likeness (QED) is 0.710. The summed E-state index contributed by atoms with van der Waals surface area (Å²) in [6.45, 7) is 8.58. The Bertz CT molecular complexity index is 715. The van der Waals surface area contributed by atoms with Crippen LogP contribution in [0, 0.1) is 20.8 Å². The van der Waals surface area contributed by atoms with Crippen LogP contribution in [-0.4, -0.2) is 24.3 Å². The molecule has 0 aliphatic heterocycles. The minimum absolute atomic E-state index is 0.0730. The number of benzene rings is 2. The van der Waals surface area contributed by atoms with Gasteiger partial charge in [0.15, 0.2) is 6.10 Å². The number of hydrogen-bond acceptors (Lipinski definition) is 3. The Kier molecular flexibility index (Phi) is 7.38. The van der Waals surface area contributed by atoms with Gasteiger partial charge in [0, 0.05) is 18.1 Å².